The van der Waals surface area contributed by atoms with E-state index in [-0.39, 0.29) is 0 Å². The standard InChI is InChI=1S/C13H8Cl2.Zr/c14-12-5-1-3-10(8-12)7-11-4-2-6-13(15)9-11;/h1-6,8-9H;. The monoisotopic (exact) mass is 324 g/mol. The first kappa shape index (κ1) is 12.2. The number of rotatable bonds is 2. The van der Waals surface area contributed by atoms with Crippen LogP contribution < -0.4 is 0 Å². The van der Waals surface area contributed by atoms with Crippen LogP contribution in [0.4, 0.5) is 0 Å². The van der Waals surface area contributed by atoms with Crippen molar-refractivity contribution in [2.75, 3.05) is 0 Å². The molecule has 16 heavy (non-hydrogen) atoms. The van der Waals surface area contributed by atoms with E-state index in [9.17, 15) is 0 Å². The second-order valence-corrected chi connectivity index (χ2v) is 5.50. The molecular formula is C13H8Cl2Zr. The molecule has 0 aromatic heterocycles. The maximum atomic E-state index is 5.98. The van der Waals surface area contributed by atoms with Crippen molar-refractivity contribution in [3.8, 4) is 0 Å². The summed E-state index contributed by atoms with van der Waals surface area (Å²) < 4.78 is 1.26. The maximum absolute atomic E-state index is 5.98. The number of hydrogen-bond donors (Lipinski definition) is 0. The van der Waals surface area contributed by atoms with Crippen molar-refractivity contribution in [3.05, 3.63) is 69.7 Å². The molecule has 2 aromatic rings. The van der Waals surface area contributed by atoms with E-state index in [4.69, 9.17) is 23.2 Å². The van der Waals surface area contributed by atoms with Crippen LogP contribution in [0.15, 0.2) is 48.5 Å². The Hall–Kier alpha value is -0.227. The van der Waals surface area contributed by atoms with Gasteiger partial charge in [-0.15, -0.1) is 0 Å². The fraction of sp³-hybridized carbons (Fsp3) is 0. The predicted molar refractivity (Wildman–Crippen MR) is 66.1 cm³/mol. The van der Waals surface area contributed by atoms with Gasteiger partial charge >= 0.3 is 120 Å². The summed E-state index contributed by atoms with van der Waals surface area (Å²) in [5.41, 5.74) is 2.32. The minimum atomic E-state index is 0.763. The van der Waals surface area contributed by atoms with Gasteiger partial charge in [0.15, 0.2) is 0 Å². The Balaban J connectivity index is 2.39. The van der Waals surface area contributed by atoms with Crippen molar-refractivity contribution in [2.24, 2.45) is 0 Å². The fourth-order valence-corrected chi connectivity index (χ4v) is 2.60. The van der Waals surface area contributed by atoms with E-state index < -0.39 is 0 Å². The van der Waals surface area contributed by atoms with Crippen molar-refractivity contribution in [1.29, 1.82) is 0 Å². The molecule has 0 amide bonds. The van der Waals surface area contributed by atoms with Gasteiger partial charge in [0, 0.05) is 0 Å². The van der Waals surface area contributed by atoms with Crippen LogP contribution in [0.25, 0.3) is 0 Å². The predicted octanol–water partition coefficient (Wildman–Crippen LogP) is 4.11. The number of benzene rings is 2. The van der Waals surface area contributed by atoms with Crippen LogP contribution in [0.3, 0.4) is 0 Å². The van der Waals surface area contributed by atoms with Crippen molar-refractivity contribution in [3.63, 3.8) is 0 Å². The van der Waals surface area contributed by atoms with Crippen molar-refractivity contribution < 1.29 is 24.2 Å². The molecule has 0 radical (unpaired) electrons. The zero-order chi connectivity index (χ0) is 11.5. The molecule has 2 rings (SSSR count). The van der Waals surface area contributed by atoms with E-state index in [1.54, 1.807) is 0 Å². The Bertz CT molecular complexity index is 487. The van der Waals surface area contributed by atoms with E-state index in [0.29, 0.717) is 0 Å². The fourth-order valence-electron chi connectivity index (χ4n) is 1.45. The molecule has 0 aliphatic rings. The van der Waals surface area contributed by atoms with Gasteiger partial charge in [0.1, 0.15) is 0 Å². The third kappa shape index (κ3) is 2.91. The van der Waals surface area contributed by atoms with Gasteiger partial charge in [0.05, 0.1) is 0 Å². The molecule has 0 spiro atoms. The van der Waals surface area contributed by atoms with Crippen molar-refractivity contribution in [1.82, 2.24) is 0 Å². The second kappa shape index (κ2) is 5.40. The first-order valence-corrected chi connectivity index (χ1v) is 6.76. The average Bonchev–Trinajstić information content (AvgIpc) is 2.28. The first-order chi connectivity index (χ1) is 7.66. The van der Waals surface area contributed by atoms with Crippen LogP contribution in [0.5, 0.6) is 0 Å². The molecule has 0 saturated heterocycles. The van der Waals surface area contributed by atoms with Crippen LogP contribution in [-0.2, 0) is 24.2 Å². The van der Waals surface area contributed by atoms with Crippen molar-refractivity contribution in [2.45, 2.75) is 0 Å². The first-order valence-electron chi connectivity index (χ1n) is 4.77. The topological polar surface area (TPSA) is 0 Å². The van der Waals surface area contributed by atoms with E-state index in [1.165, 1.54) is 27.4 Å². The van der Waals surface area contributed by atoms with Gasteiger partial charge in [-0.2, -0.15) is 0 Å². The minimum absolute atomic E-state index is 0.763. The molecule has 0 saturated carbocycles. The quantitative estimate of drug-likeness (QED) is 0.779. The molecule has 0 fully saturated rings. The summed E-state index contributed by atoms with van der Waals surface area (Å²) in [6.07, 6.45) is 0. The Morgan fingerprint density at radius 2 is 1.25 bits per heavy atom. The van der Waals surface area contributed by atoms with Crippen LogP contribution in [0, 0.1) is 0 Å². The molecule has 2 aromatic carbocycles. The molecule has 0 atom stereocenters. The summed E-state index contributed by atoms with van der Waals surface area (Å²) in [6, 6.07) is 15.8. The molecule has 3 heteroatoms. The zero-order valence-electron chi connectivity index (χ0n) is 8.37. The van der Waals surface area contributed by atoms with Crippen LogP contribution in [-0.4, -0.2) is 3.21 Å². The molecule has 0 bridgehead atoms. The van der Waals surface area contributed by atoms with Gasteiger partial charge in [-0.3, -0.25) is 0 Å². The van der Waals surface area contributed by atoms with Crippen LogP contribution in [0.1, 0.15) is 11.1 Å². The summed E-state index contributed by atoms with van der Waals surface area (Å²) >= 11 is 13.3. The van der Waals surface area contributed by atoms with Gasteiger partial charge in [0.25, 0.3) is 0 Å². The zero-order valence-corrected chi connectivity index (χ0v) is 12.3. The Labute approximate surface area is 120 Å². The second-order valence-electron chi connectivity index (χ2n) is 3.40. The van der Waals surface area contributed by atoms with Gasteiger partial charge in [-0.1, -0.05) is 0 Å². The summed E-state index contributed by atoms with van der Waals surface area (Å²) in [7, 11) is 0. The number of halogens is 2. The third-order valence-corrected chi connectivity index (χ3v) is 4.12. The van der Waals surface area contributed by atoms with Gasteiger partial charge in [-0.25, -0.2) is 0 Å². The summed E-state index contributed by atoms with van der Waals surface area (Å²) in [6.45, 7) is 0. The van der Waals surface area contributed by atoms with Gasteiger partial charge in [-0.05, 0) is 0 Å². The van der Waals surface area contributed by atoms with Crippen molar-refractivity contribution >= 4 is 26.4 Å². The van der Waals surface area contributed by atoms with E-state index in [1.807, 2.05) is 36.4 Å². The van der Waals surface area contributed by atoms with Gasteiger partial charge in [0.2, 0.25) is 0 Å². The average molecular weight is 326 g/mol. The van der Waals surface area contributed by atoms with Crippen LogP contribution >= 0.6 is 23.2 Å². The summed E-state index contributed by atoms with van der Waals surface area (Å²) in [4.78, 5) is 0. The molecule has 0 nitrogen and oxygen atoms in total. The Morgan fingerprint density at radius 3 is 1.62 bits per heavy atom. The molecule has 0 aliphatic carbocycles. The number of hydrogen-bond acceptors (Lipinski definition) is 0. The molecule has 0 aliphatic heterocycles. The summed E-state index contributed by atoms with van der Waals surface area (Å²) in [5.74, 6) is 0. The van der Waals surface area contributed by atoms with E-state index >= 15 is 0 Å². The van der Waals surface area contributed by atoms with Gasteiger partial charge < -0.3 is 0 Å². The van der Waals surface area contributed by atoms with Crippen LogP contribution in [0.2, 0.25) is 10.0 Å². The molecule has 0 N–H and O–H groups in total. The molecular weight excluding hydrogens is 318 g/mol. The third-order valence-electron chi connectivity index (χ3n) is 2.23. The normalized spacial score (nSPS) is 10.1. The Morgan fingerprint density at radius 1 is 0.812 bits per heavy atom. The summed E-state index contributed by atoms with van der Waals surface area (Å²) in [5, 5.41) is 1.53. The molecule has 0 unspecified atom stereocenters. The van der Waals surface area contributed by atoms with E-state index in [0.717, 1.165) is 21.2 Å². The van der Waals surface area contributed by atoms with E-state index in [2.05, 4.69) is 12.1 Å². The SMILES string of the molecule is Clc1cccc([C](=[Zr])c2cccc(Cl)c2)c1. The molecule has 78 valence electrons. The Kier molecular flexibility index (Phi) is 4.13. The molecule has 0 heterocycles.